The van der Waals surface area contributed by atoms with E-state index in [1.807, 2.05) is 0 Å². The van der Waals surface area contributed by atoms with Gasteiger partial charge in [0.2, 0.25) is 0 Å². The molecule has 72 valence electrons. The number of nitrogens with one attached hydrogen (secondary N) is 1. The molecule has 0 heterocycles. The summed E-state index contributed by atoms with van der Waals surface area (Å²) >= 11 is 0. The predicted octanol–water partition coefficient (Wildman–Crippen LogP) is 1.58. The summed E-state index contributed by atoms with van der Waals surface area (Å²) in [5, 5.41) is 2.65. The molecule has 2 amide bonds. The summed E-state index contributed by atoms with van der Waals surface area (Å²) < 4.78 is 0. The maximum atomic E-state index is 10.5. The van der Waals surface area contributed by atoms with Crippen LogP contribution in [0, 0.1) is 17.8 Å². The van der Waals surface area contributed by atoms with Gasteiger partial charge in [0.25, 0.3) is 0 Å². The number of urea groups is 1. The molecule has 3 heteroatoms. The molecule has 0 aliphatic heterocycles. The molecule has 0 aromatic carbocycles. The Kier molecular flexibility index (Phi) is 4.71. The Balaban J connectivity index is 3.88. The van der Waals surface area contributed by atoms with Gasteiger partial charge < -0.3 is 11.1 Å². The van der Waals surface area contributed by atoms with E-state index in [2.05, 4.69) is 33.0 Å². The number of nitrogens with two attached hydrogens (primary N) is 1. The molecule has 0 spiro atoms. The van der Waals surface area contributed by atoms with E-state index in [9.17, 15) is 4.79 Å². The van der Waals surface area contributed by atoms with Crippen LogP contribution in [0.15, 0.2) is 0 Å². The molecule has 0 aromatic rings. The second-order valence-electron chi connectivity index (χ2n) is 3.90. The van der Waals surface area contributed by atoms with Gasteiger partial charge in [0.05, 0.1) is 0 Å². The SMILES string of the molecule is CC(C)C(CNC(N)=O)C(C)C. The van der Waals surface area contributed by atoms with Gasteiger partial charge in [-0.3, -0.25) is 0 Å². The van der Waals surface area contributed by atoms with E-state index in [0.29, 0.717) is 24.3 Å². The average Bonchev–Trinajstić information content (AvgIpc) is 1.84. The summed E-state index contributed by atoms with van der Waals surface area (Å²) in [6, 6.07) is -0.429. The number of primary amides is 1. The molecular formula is C9H20N2O. The quantitative estimate of drug-likeness (QED) is 0.664. The third-order valence-corrected chi connectivity index (χ3v) is 2.22. The highest BCUT2D eigenvalue weighted by atomic mass is 16.2. The van der Waals surface area contributed by atoms with Gasteiger partial charge in [0, 0.05) is 6.54 Å². The van der Waals surface area contributed by atoms with E-state index in [0.717, 1.165) is 0 Å². The molecule has 0 bridgehead atoms. The van der Waals surface area contributed by atoms with Crippen LogP contribution in [0.4, 0.5) is 4.79 Å². The maximum absolute atomic E-state index is 10.5. The van der Waals surface area contributed by atoms with Crippen molar-refractivity contribution in [2.24, 2.45) is 23.5 Å². The Morgan fingerprint density at radius 3 is 1.92 bits per heavy atom. The standard InChI is InChI=1S/C9H20N2O/c1-6(2)8(7(3)4)5-11-9(10)12/h6-8H,5H2,1-4H3,(H3,10,11,12). The summed E-state index contributed by atoms with van der Waals surface area (Å²) in [7, 11) is 0. The highest BCUT2D eigenvalue weighted by Gasteiger charge is 2.17. The van der Waals surface area contributed by atoms with Crippen molar-refractivity contribution in [3.05, 3.63) is 0 Å². The fourth-order valence-electron chi connectivity index (χ4n) is 1.46. The number of rotatable bonds is 4. The molecule has 0 aliphatic rings. The van der Waals surface area contributed by atoms with Crippen molar-refractivity contribution in [1.29, 1.82) is 0 Å². The minimum atomic E-state index is -0.429. The van der Waals surface area contributed by atoms with Crippen molar-refractivity contribution >= 4 is 6.03 Å². The molecular weight excluding hydrogens is 152 g/mol. The smallest absolute Gasteiger partial charge is 0.312 e. The van der Waals surface area contributed by atoms with Crippen molar-refractivity contribution in [2.45, 2.75) is 27.7 Å². The normalized spacial score (nSPS) is 11.2. The Morgan fingerprint density at radius 2 is 1.67 bits per heavy atom. The second kappa shape index (κ2) is 5.01. The van der Waals surface area contributed by atoms with Gasteiger partial charge >= 0.3 is 6.03 Å². The van der Waals surface area contributed by atoms with Crippen molar-refractivity contribution < 1.29 is 4.79 Å². The van der Waals surface area contributed by atoms with E-state index in [-0.39, 0.29) is 0 Å². The van der Waals surface area contributed by atoms with Crippen LogP contribution in [0.25, 0.3) is 0 Å². The maximum Gasteiger partial charge on any atom is 0.312 e. The van der Waals surface area contributed by atoms with Crippen LogP contribution < -0.4 is 11.1 Å². The van der Waals surface area contributed by atoms with Crippen LogP contribution in [0.5, 0.6) is 0 Å². The molecule has 0 unspecified atom stereocenters. The minimum absolute atomic E-state index is 0.429. The molecule has 3 nitrogen and oxygen atoms in total. The lowest BCUT2D eigenvalue weighted by Crippen LogP contribution is -2.37. The summed E-state index contributed by atoms with van der Waals surface area (Å²) in [4.78, 5) is 10.5. The van der Waals surface area contributed by atoms with Gasteiger partial charge in [-0.05, 0) is 17.8 Å². The van der Waals surface area contributed by atoms with Gasteiger partial charge in [-0.1, -0.05) is 27.7 Å². The Morgan fingerprint density at radius 1 is 1.25 bits per heavy atom. The largest absolute Gasteiger partial charge is 0.352 e. The van der Waals surface area contributed by atoms with Crippen LogP contribution >= 0.6 is 0 Å². The summed E-state index contributed by atoms with van der Waals surface area (Å²) in [6.45, 7) is 9.33. The zero-order valence-corrected chi connectivity index (χ0v) is 8.42. The number of amides is 2. The van der Waals surface area contributed by atoms with Crippen LogP contribution in [0.3, 0.4) is 0 Å². The summed E-state index contributed by atoms with van der Waals surface area (Å²) in [5.74, 6) is 1.67. The number of hydrogen-bond donors (Lipinski definition) is 2. The monoisotopic (exact) mass is 172 g/mol. The van der Waals surface area contributed by atoms with E-state index in [4.69, 9.17) is 5.73 Å². The third-order valence-electron chi connectivity index (χ3n) is 2.22. The Bertz CT molecular complexity index is 135. The number of carbonyl (C=O) groups excluding carboxylic acids is 1. The first-order valence-corrected chi connectivity index (χ1v) is 4.48. The van der Waals surface area contributed by atoms with Crippen molar-refractivity contribution in [3.63, 3.8) is 0 Å². The van der Waals surface area contributed by atoms with E-state index in [1.54, 1.807) is 0 Å². The van der Waals surface area contributed by atoms with Gasteiger partial charge in [-0.25, -0.2) is 4.79 Å². The molecule has 0 fully saturated rings. The van der Waals surface area contributed by atoms with Crippen molar-refractivity contribution in [2.75, 3.05) is 6.54 Å². The van der Waals surface area contributed by atoms with Gasteiger partial charge in [-0.15, -0.1) is 0 Å². The van der Waals surface area contributed by atoms with E-state index < -0.39 is 6.03 Å². The molecule has 0 atom stereocenters. The van der Waals surface area contributed by atoms with Gasteiger partial charge in [0.1, 0.15) is 0 Å². The highest BCUT2D eigenvalue weighted by Crippen LogP contribution is 2.19. The Hall–Kier alpha value is -0.730. The molecule has 0 saturated carbocycles. The van der Waals surface area contributed by atoms with Gasteiger partial charge in [-0.2, -0.15) is 0 Å². The molecule has 0 saturated heterocycles. The lowest BCUT2D eigenvalue weighted by molar-refractivity contribution is 0.236. The molecule has 0 radical (unpaired) electrons. The predicted molar refractivity (Wildman–Crippen MR) is 50.8 cm³/mol. The van der Waals surface area contributed by atoms with Crippen molar-refractivity contribution in [3.8, 4) is 0 Å². The average molecular weight is 172 g/mol. The van der Waals surface area contributed by atoms with Crippen LogP contribution in [-0.2, 0) is 0 Å². The molecule has 0 rings (SSSR count). The molecule has 3 N–H and O–H groups in total. The van der Waals surface area contributed by atoms with Crippen molar-refractivity contribution in [1.82, 2.24) is 5.32 Å². The highest BCUT2D eigenvalue weighted by molar-refractivity contribution is 5.71. The zero-order valence-electron chi connectivity index (χ0n) is 8.42. The summed E-state index contributed by atoms with van der Waals surface area (Å²) in [5.41, 5.74) is 4.99. The van der Waals surface area contributed by atoms with Crippen LogP contribution in [-0.4, -0.2) is 12.6 Å². The van der Waals surface area contributed by atoms with Crippen LogP contribution in [0.1, 0.15) is 27.7 Å². The lowest BCUT2D eigenvalue weighted by Gasteiger charge is -2.24. The van der Waals surface area contributed by atoms with Gasteiger partial charge in [0.15, 0.2) is 0 Å². The lowest BCUT2D eigenvalue weighted by atomic mass is 9.85. The fourth-order valence-corrected chi connectivity index (χ4v) is 1.46. The minimum Gasteiger partial charge on any atom is -0.352 e. The van der Waals surface area contributed by atoms with E-state index in [1.165, 1.54) is 0 Å². The molecule has 12 heavy (non-hydrogen) atoms. The Labute approximate surface area is 74.7 Å². The third kappa shape index (κ3) is 4.21. The number of carbonyl (C=O) groups is 1. The van der Waals surface area contributed by atoms with E-state index >= 15 is 0 Å². The second-order valence-corrected chi connectivity index (χ2v) is 3.90. The fraction of sp³-hybridized carbons (Fsp3) is 0.889. The molecule has 0 aliphatic carbocycles. The first-order chi connectivity index (χ1) is 5.45. The van der Waals surface area contributed by atoms with Crippen LogP contribution in [0.2, 0.25) is 0 Å². The topological polar surface area (TPSA) is 55.1 Å². The first kappa shape index (κ1) is 11.3. The zero-order chi connectivity index (χ0) is 9.72. The number of hydrogen-bond acceptors (Lipinski definition) is 1. The first-order valence-electron chi connectivity index (χ1n) is 4.48. The molecule has 0 aromatic heterocycles. The summed E-state index contributed by atoms with van der Waals surface area (Å²) in [6.07, 6.45) is 0.